The summed E-state index contributed by atoms with van der Waals surface area (Å²) in [4.78, 5) is 29.3. The molecule has 0 bridgehead atoms. The minimum absolute atomic E-state index is 0.0511. The maximum absolute atomic E-state index is 13.2. The number of nitrogens with one attached hydrogen (secondary N) is 2. The quantitative estimate of drug-likeness (QED) is 0.716. The van der Waals surface area contributed by atoms with Crippen LogP contribution in [0.3, 0.4) is 0 Å². The largest absolute Gasteiger partial charge is 0.370 e. The highest BCUT2D eigenvalue weighted by Gasteiger charge is 2.53. The molecule has 1 aromatic heterocycles. The van der Waals surface area contributed by atoms with E-state index in [4.69, 9.17) is 4.74 Å². The van der Waals surface area contributed by atoms with Crippen LogP contribution in [-0.2, 0) is 17.6 Å². The Labute approximate surface area is 186 Å². The number of ether oxygens (including phenoxy) is 1. The van der Waals surface area contributed by atoms with Gasteiger partial charge in [-0.15, -0.1) is 11.3 Å². The van der Waals surface area contributed by atoms with Crippen LogP contribution in [0.25, 0.3) is 0 Å². The molecule has 2 fully saturated rings. The number of likely N-dealkylation sites (tertiary alicyclic amines) is 1. The third kappa shape index (κ3) is 3.17. The monoisotopic (exact) mass is 437 g/mol. The number of aryl methyl sites for hydroxylation is 1. The number of rotatable bonds is 1. The van der Waals surface area contributed by atoms with Gasteiger partial charge in [0.2, 0.25) is 0 Å². The number of hydrogen-bond donors (Lipinski definition) is 2. The van der Waals surface area contributed by atoms with E-state index in [1.807, 2.05) is 29.2 Å². The van der Waals surface area contributed by atoms with E-state index in [0.717, 1.165) is 43.4 Å². The highest BCUT2D eigenvalue weighted by Crippen LogP contribution is 2.43. The highest BCUT2D eigenvalue weighted by atomic mass is 32.1. The molecule has 31 heavy (non-hydrogen) atoms. The molecule has 2 N–H and O–H groups in total. The second-order valence-electron chi connectivity index (χ2n) is 9.41. The van der Waals surface area contributed by atoms with Crippen LogP contribution in [0.1, 0.15) is 63.3 Å². The molecule has 1 atom stereocenters. The second-order valence-corrected chi connectivity index (χ2v) is 10.4. The van der Waals surface area contributed by atoms with Crippen molar-refractivity contribution in [2.24, 2.45) is 0 Å². The molecule has 6 nitrogen and oxygen atoms in total. The molecule has 7 heteroatoms. The van der Waals surface area contributed by atoms with Gasteiger partial charge in [0.1, 0.15) is 5.66 Å². The smallest absolute Gasteiger partial charge is 0.255 e. The Morgan fingerprint density at radius 3 is 2.77 bits per heavy atom. The van der Waals surface area contributed by atoms with Gasteiger partial charge in [0, 0.05) is 35.5 Å². The van der Waals surface area contributed by atoms with Gasteiger partial charge in [-0.05, 0) is 56.2 Å². The lowest BCUT2D eigenvalue weighted by molar-refractivity contribution is -0.0393. The third-order valence-corrected chi connectivity index (χ3v) is 8.49. The van der Waals surface area contributed by atoms with Crippen LogP contribution in [0.2, 0.25) is 0 Å². The van der Waals surface area contributed by atoms with Gasteiger partial charge in [0.25, 0.3) is 11.8 Å². The maximum atomic E-state index is 13.2. The number of thiophene rings is 1. The number of fused-ring (bicyclic) bond motifs is 2. The summed E-state index contributed by atoms with van der Waals surface area (Å²) in [6.07, 6.45) is 6.89. The number of amides is 2. The molecular formula is C24H27N3O3S. The number of anilines is 1. The minimum atomic E-state index is -0.565. The van der Waals surface area contributed by atoms with E-state index in [2.05, 4.69) is 16.0 Å². The zero-order chi connectivity index (χ0) is 21.1. The molecule has 1 aromatic carbocycles. The van der Waals surface area contributed by atoms with Gasteiger partial charge in [0.15, 0.2) is 0 Å². The molecule has 4 heterocycles. The summed E-state index contributed by atoms with van der Waals surface area (Å²) >= 11 is 1.75. The average Bonchev–Trinajstić information content (AvgIpc) is 3.36. The first-order valence-corrected chi connectivity index (χ1v) is 12.2. The Kier molecular flexibility index (Phi) is 4.40. The number of piperidine rings is 1. The Bertz CT molecular complexity index is 1060. The normalized spacial score (nSPS) is 26.3. The number of benzene rings is 1. The predicted molar refractivity (Wildman–Crippen MR) is 120 cm³/mol. The number of carbonyl (C=O) groups excluding carboxylic acids is 2. The van der Waals surface area contributed by atoms with Gasteiger partial charge < -0.3 is 20.3 Å². The Hall–Kier alpha value is -2.38. The first kappa shape index (κ1) is 19.3. The van der Waals surface area contributed by atoms with Gasteiger partial charge in [-0.2, -0.15) is 0 Å². The molecule has 3 aliphatic heterocycles. The van der Waals surface area contributed by atoms with Gasteiger partial charge in [-0.25, -0.2) is 0 Å². The second kappa shape index (κ2) is 7.07. The maximum Gasteiger partial charge on any atom is 0.255 e. The van der Waals surface area contributed by atoms with E-state index in [1.54, 1.807) is 11.3 Å². The molecule has 4 aliphatic rings. The Balaban J connectivity index is 1.15. The van der Waals surface area contributed by atoms with Crippen molar-refractivity contribution in [3.05, 3.63) is 51.2 Å². The van der Waals surface area contributed by atoms with Crippen LogP contribution < -0.4 is 10.6 Å². The summed E-state index contributed by atoms with van der Waals surface area (Å²) in [5.74, 6) is 0.129. The molecule has 6 rings (SSSR count). The molecular weight excluding hydrogens is 410 g/mol. The highest BCUT2D eigenvalue weighted by molar-refractivity contribution is 7.10. The van der Waals surface area contributed by atoms with Gasteiger partial charge in [-0.1, -0.05) is 12.1 Å². The van der Waals surface area contributed by atoms with Crippen molar-refractivity contribution in [1.29, 1.82) is 0 Å². The van der Waals surface area contributed by atoms with Crippen molar-refractivity contribution < 1.29 is 14.3 Å². The zero-order valence-electron chi connectivity index (χ0n) is 17.5. The van der Waals surface area contributed by atoms with Crippen molar-refractivity contribution >= 4 is 28.8 Å². The zero-order valence-corrected chi connectivity index (χ0v) is 18.4. The SMILES string of the molecule is O=C1NC2(COC3(CCN(C(=O)c4csc5c4CCCC5)CC3)C2)Nc2ccccc21. The molecule has 1 unspecified atom stereocenters. The summed E-state index contributed by atoms with van der Waals surface area (Å²) in [5, 5.41) is 8.76. The van der Waals surface area contributed by atoms with Crippen LogP contribution in [0.5, 0.6) is 0 Å². The lowest BCUT2D eigenvalue weighted by atomic mass is 9.84. The summed E-state index contributed by atoms with van der Waals surface area (Å²) in [6.45, 7) is 1.84. The fourth-order valence-electron chi connectivity index (χ4n) is 5.73. The van der Waals surface area contributed by atoms with E-state index in [0.29, 0.717) is 25.3 Å². The Morgan fingerprint density at radius 2 is 1.90 bits per heavy atom. The lowest BCUT2D eigenvalue weighted by Gasteiger charge is -2.41. The van der Waals surface area contributed by atoms with Crippen LogP contribution >= 0.6 is 11.3 Å². The minimum Gasteiger partial charge on any atom is -0.370 e. The average molecular weight is 438 g/mol. The number of hydrogen-bond acceptors (Lipinski definition) is 5. The van der Waals surface area contributed by atoms with Crippen molar-refractivity contribution in [3.8, 4) is 0 Å². The van der Waals surface area contributed by atoms with E-state index in [9.17, 15) is 9.59 Å². The molecule has 2 spiro atoms. The molecule has 1 aliphatic carbocycles. The van der Waals surface area contributed by atoms with Crippen molar-refractivity contribution in [2.45, 2.75) is 56.2 Å². The van der Waals surface area contributed by atoms with Gasteiger partial charge >= 0.3 is 0 Å². The molecule has 0 radical (unpaired) electrons. The topological polar surface area (TPSA) is 70.7 Å². The van der Waals surface area contributed by atoms with E-state index >= 15 is 0 Å². The molecule has 2 saturated heterocycles. The third-order valence-electron chi connectivity index (χ3n) is 7.40. The summed E-state index contributed by atoms with van der Waals surface area (Å²) < 4.78 is 6.33. The molecule has 162 valence electrons. The Morgan fingerprint density at radius 1 is 1.10 bits per heavy atom. The predicted octanol–water partition coefficient (Wildman–Crippen LogP) is 3.57. The number of nitrogens with zero attached hydrogens (tertiary/aromatic N) is 1. The lowest BCUT2D eigenvalue weighted by Crippen LogP contribution is -2.59. The fraction of sp³-hybridized carbons (Fsp3) is 0.500. The summed E-state index contributed by atoms with van der Waals surface area (Å²) in [7, 11) is 0. The first-order valence-electron chi connectivity index (χ1n) is 11.3. The van der Waals surface area contributed by atoms with E-state index in [1.165, 1.54) is 23.3 Å². The van der Waals surface area contributed by atoms with Gasteiger partial charge in [0.05, 0.1) is 23.3 Å². The molecule has 0 saturated carbocycles. The van der Waals surface area contributed by atoms with Crippen LogP contribution in [-0.4, -0.2) is 47.7 Å². The van der Waals surface area contributed by atoms with Gasteiger partial charge in [-0.3, -0.25) is 9.59 Å². The fourth-order valence-corrected chi connectivity index (χ4v) is 6.85. The first-order chi connectivity index (χ1) is 15.1. The summed E-state index contributed by atoms with van der Waals surface area (Å²) in [6, 6.07) is 7.60. The van der Waals surface area contributed by atoms with Crippen LogP contribution in [0.15, 0.2) is 29.6 Å². The number of para-hydroxylation sites is 1. The van der Waals surface area contributed by atoms with Crippen LogP contribution in [0, 0.1) is 0 Å². The van der Waals surface area contributed by atoms with Crippen molar-refractivity contribution in [3.63, 3.8) is 0 Å². The number of carbonyl (C=O) groups is 2. The van der Waals surface area contributed by atoms with E-state index < -0.39 is 5.66 Å². The van der Waals surface area contributed by atoms with Crippen molar-refractivity contribution in [2.75, 3.05) is 25.0 Å². The molecule has 2 aromatic rings. The van der Waals surface area contributed by atoms with E-state index in [-0.39, 0.29) is 17.4 Å². The van der Waals surface area contributed by atoms with Crippen LogP contribution in [0.4, 0.5) is 5.69 Å². The van der Waals surface area contributed by atoms with Crippen molar-refractivity contribution in [1.82, 2.24) is 10.2 Å². The standard InChI is InChI=1S/C24H27N3O3S/c28-21-17-6-1-3-7-19(17)25-24(26-21)14-23(30-15-24)9-11-27(12-10-23)22(29)18-13-31-20-8-4-2-5-16(18)20/h1,3,6-7,13,25H,2,4-5,8-12,14-15H2,(H,26,28). The summed E-state index contributed by atoms with van der Waals surface area (Å²) in [5.41, 5.74) is 2.90. The molecule has 2 amide bonds.